The van der Waals surface area contributed by atoms with Crippen LogP contribution in [0.1, 0.15) is 66.2 Å². The number of carbonyl (C=O) groups is 3. The van der Waals surface area contributed by atoms with Gasteiger partial charge in [0.15, 0.2) is 0 Å². The van der Waals surface area contributed by atoms with Gasteiger partial charge in [-0.25, -0.2) is 0 Å². The fourth-order valence-electron chi connectivity index (χ4n) is 7.33. The predicted octanol–water partition coefficient (Wildman–Crippen LogP) is 3.25. The summed E-state index contributed by atoms with van der Waals surface area (Å²) in [5.41, 5.74) is 0. The molecule has 1 N–H and O–H groups in total. The van der Waals surface area contributed by atoms with E-state index < -0.39 is 28.7 Å². The van der Waals surface area contributed by atoms with Gasteiger partial charge >= 0.3 is 5.97 Å². The summed E-state index contributed by atoms with van der Waals surface area (Å²) < 4.78 is 4.74. The molecule has 2 amide bonds. The van der Waals surface area contributed by atoms with Crippen molar-refractivity contribution >= 4 is 29.5 Å². The molecule has 0 aromatic carbocycles. The average Bonchev–Trinajstić information content (AvgIpc) is 3.42. The highest BCUT2D eigenvalue weighted by Gasteiger charge is 2.77. The van der Waals surface area contributed by atoms with Crippen LogP contribution in [0.4, 0.5) is 0 Å². The second-order valence-electron chi connectivity index (χ2n) is 11.1. The Morgan fingerprint density at radius 3 is 2.57 bits per heavy atom. The molecule has 3 aliphatic heterocycles. The van der Waals surface area contributed by atoms with E-state index in [1.54, 1.807) is 29.7 Å². The molecule has 0 radical (unpaired) electrons. The van der Waals surface area contributed by atoms with E-state index in [2.05, 4.69) is 13.5 Å². The molecule has 3 unspecified atom stereocenters. The van der Waals surface area contributed by atoms with Crippen molar-refractivity contribution < 1.29 is 24.2 Å². The first kappa shape index (κ1) is 26.5. The fraction of sp³-hybridized carbons (Fsp3) is 0.815. The van der Waals surface area contributed by atoms with Gasteiger partial charge in [-0.05, 0) is 38.0 Å². The summed E-state index contributed by atoms with van der Waals surface area (Å²) in [5, 5.41) is 10.4. The lowest BCUT2D eigenvalue weighted by Crippen LogP contribution is -2.61. The molecule has 4 rings (SSSR count). The van der Waals surface area contributed by atoms with E-state index >= 15 is 0 Å². The maximum Gasteiger partial charge on any atom is 0.310 e. The second-order valence-corrected chi connectivity index (χ2v) is 12.7. The van der Waals surface area contributed by atoms with Crippen LogP contribution in [-0.2, 0) is 19.1 Å². The van der Waals surface area contributed by atoms with E-state index in [1.807, 2.05) is 18.7 Å². The van der Waals surface area contributed by atoms with E-state index in [1.165, 1.54) is 6.42 Å². The molecule has 35 heavy (non-hydrogen) atoms. The maximum atomic E-state index is 14.6. The lowest BCUT2D eigenvalue weighted by atomic mass is 9.66. The zero-order valence-corrected chi connectivity index (χ0v) is 22.5. The van der Waals surface area contributed by atoms with Gasteiger partial charge in [-0.1, -0.05) is 46.1 Å². The van der Waals surface area contributed by atoms with Crippen LogP contribution in [0.25, 0.3) is 0 Å². The first-order valence-corrected chi connectivity index (χ1v) is 14.3. The molecule has 4 fully saturated rings. The molecular weight excluding hydrogens is 464 g/mol. The van der Waals surface area contributed by atoms with Gasteiger partial charge in [0.05, 0.1) is 35.8 Å². The van der Waals surface area contributed by atoms with Crippen molar-refractivity contribution in [2.24, 2.45) is 23.7 Å². The first-order chi connectivity index (χ1) is 16.7. The highest BCUT2D eigenvalue weighted by atomic mass is 32.2. The molecule has 3 heterocycles. The quantitative estimate of drug-likeness (QED) is 0.382. The number of fused-ring (bicyclic) bond motifs is 1. The number of amides is 2. The monoisotopic (exact) mass is 506 g/mol. The Hall–Kier alpha value is -1.54. The number of likely N-dealkylation sites (tertiary alicyclic amines) is 1. The van der Waals surface area contributed by atoms with E-state index in [-0.39, 0.29) is 54.1 Å². The molecule has 1 saturated carbocycles. The van der Waals surface area contributed by atoms with Crippen LogP contribution in [0.3, 0.4) is 0 Å². The molecule has 1 spiro atoms. The molecule has 3 saturated heterocycles. The second kappa shape index (κ2) is 10.4. The van der Waals surface area contributed by atoms with Gasteiger partial charge in [-0.15, -0.1) is 18.3 Å². The number of esters is 1. The molecule has 0 aromatic heterocycles. The maximum absolute atomic E-state index is 14.6. The van der Waals surface area contributed by atoms with Gasteiger partial charge in [0.1, 0.15) is 6.04 Å². The molecule has 0 aromatic rings. The van der Waals surface area contributed by atoms with Gasteiger partial charge in [-0.2, -0.15) is 0 Å². The lowest BCUT2D eigenvalue weighted by Gasteiger charge is -2.44. The third kappa shape index (κ3) is 4.12. The highest BCUT2D eigenvalue weighted by Crippen LogP contribution is 2.69. The topological polar surface area (TPSA) is 87.2 Å². The van der Waals surface area contributed by atoms with Crippen LogP contribution in [0.2, 0.25) is 0 Å². The molecular formula is C27H42N2O5S. The summed E-state index contributed by atoms with van der Waals surface area (Å²) >= 11 is 1.67. The SMILES string of the molecule is C=CCN(C(=O)C1N([C@@H](CO)C(C)C)C(=O)[C@@H]2[C@H](C(=O)OCC)[C@@H]3CC(C)C12S3)C1CCCCC1. The van der Waals surface area contributed by atoms with E-state index in [9.17, 15) is 19.5 Å². The number of aliphatic hydroxyl groups excluding tert-OH is 1. The third-order valence-electron chi connectivity index (χ3n) is 8.91. The minimum absolute atomic E-state index is 0.0235. The lowest BCUT2D eigenvalue weighted by molar-refractivity contribution is -0.154. The first-order valence-electron chi connectivity index (χ1n) is 13.4. The summed E-state index contributed by atoms with van der Waals surface area (Å²) in [6.45, 7) is 12.3. The Morgan fingerprint density at radius 2 is 2.00 bits per heavy atom. The minimum Gasteiger partial charge on any atom is -0.466 e. The zero-order valence-electron chi connectivity index (χ0n) is 21.7. The fourth-order valence-corrected chi connectivity index (χ4v) is 9.72. The zero-order chi connectivity index (χ0) is 25.5. The standard InChI is InChI=1S/C27H42N2O5S/c1-6-13-28(18-11-9-8-10-12-18)25(32)23-27-17(5)14-20(35-27)21(26(33)34-7-2)22(27)24(31)29(23)19(15-30)16(3)4/h6,16-23,30H,1,7-15H2,2-5H3/t17?,19-,20-,21+,22-,23?,27?/m0/s1. The van der Waals surface area contributed by atoms with Crippen molar-refractivity contribution in [3.63, 3.8) is 0 Å². The normalized spacial score (nSPS) is 35.3. The Bertz CT molecular complexity index is 843. The molecule has 7 nitrogen and oxygen atoms in total. The Morgan fingerprint density at radius 1 is 1.31 bits per heavy atom. The third-order valence-corrected chi connectivity index (χ3v) is 11.0. The smallest absolute Gasteiger partial charge is 0.310 e. The molecule has 4 aliphatic rings. The molecule has 2 bridgehead atoms. The molecule has 8 heteroatoms. The Kier molecular flexibility index (Phi) is 7.91. The predicted molar refractivity (Wildman–Crippen MR) is 137 cm³/mol. The Labute approximate surface area is 214 Å². The van der Waals surface area contributed by atoms with Crippen molar-refractivity contribution in [1.82, 2.24) is 9.80 Å². The molecule has 7 atom stereocenters. The summed E-state index contributed by atoms with van der Waals surface area (Å²) in [5.74, 6) is -1.62. The summed E-state index contributed by atoms with van der Waals surface area (Å²) in [6, 6.07) is -1.05. The van der Waals surface area contributed by atoms with Crippen LogP contribution < -0.4 is 0 Å². The van der Waals surface area contributed by atoms with Crippen molar-refractivity contribution in [3.05, 3.63) is 12.7 Å². The number of rotatable bonds is 9. The van der Waals surface area contributed by atoms with Gasteiger partial charge in [0.25, 0.3) is 0 Å². The summed E-state index contributed by atoms with van der Waals surface area (Å²) in [4.78, 5) is 45.5. The van der Waals surface area contributed by atoms with E-state index in [0.717, 1.165) is 32.1 Å². The van der Waals surface area contributed by atoms with Gasteiger partial charge in [0.2, 0.25) is 11.8 Å². The largest absolute Gasteiger partial charge is 0.466 e. The van der Waals surface area contributed by atoms with Gasteiger partial charge in [0, 0.05) is 17.8 Å². The average molecular weight is 507 g/mol. The van der Waals surface area contributed by atoms with Crippen LogP contribution in [0.15, 0.2) is 12.7 Å². The van der Waals surface area contributed by atoms with Crippen LogP contribution in [0, 0.1) is 23.7 Å². The minimum atomic E-state index is -0.703. The number of hydrogen-bond donors (Lipinski definition) is 1. The van der Waals surface area contributed by atoms with Gasteiger partial charge < -0.3 is 19.6 Å². The number of aliphatic hydroxyl groups is 1. The van der Waals surface area contributed by atoms with Crippen LogP contribution in [0.5, 0.6) is 0 Å². The van der Waals surface area contributed by atoms with Crippen LogP contribution >= 0.6 is 11.8 Å². The van der Waals surface area contributed by atoms with Crippen molar-refractivity contribution in [1.29, 1.82) is 0 Å². The number of thioether (sulfide) groups is 1. The number of hydrogen-bond acceptors (Lipinski definition) is 6. The number of ether oxygens (including phenoxy) is 1. The van der Waals surface area contributed by atoms with Gasteiger partial charge in [-0.3, -0.25) is 14.4 Å². The molecule has 1 aliphatic carbocycles. The van der Waals surface area contributed by atoms with Crippen molar-refractivity contribution in [3.8, 4) is 0 Å². The van der Waals surface area contributed by atoms with Crippen molar-refractivity contribution in [2.75, 3.05) is 19.8 Å². The number of nitrogens with zero attached hydrogens (tertiary/aromatic N) is 2. The van der Waals surface area contributed by atoms with E-state index in [4.69, 9.17) is 4.74 Å². The summed E-state index contributed by atoms with van der Waals surface area (Å²) in [6.07, 6.45) is 7.85. The van der Waals surface area contributed by atoms with Crippen molar-refractivity contribution in [2.45, 2.75) is 94.3 Å². The summed E-state index contributed by atoms with van der Waals surface area (Å²) in [7, 11) is 0. The van der Waals surface area contributed by atoms with Crippen LogP contribution in [-0.4, -0.2) is 80.6 Å². The molecule has 196 valence electrons. The highest BCUT2D eigenvalue weighted by molar-refractivity contribution is 8.02. The Balaban J connectivity index is 1.81. The van der Waals surface area contributed by atoms with E-state index in [0.29, 0.717) is 6.54 Å². The number of carbonyl (C=O) groups excluding carboxylic acids is 3.